The second kappa shape index (κ2) is 5.61. The summed E-state index contributed by atoms with van der Waals surface area (Å²) in [5, 5.41) is 9.97. The van der Waals surface area contributed by atoms with Crippen LogP contribution >= 0.6 is 0 Å². The van der Waals surface area contributed by atoms with Crippen LogP contribution in [-0.2, 0) is 4.79 Å². The number of rotatable bonds is 3. The van der Waals surface area contributed by atoms with Gasteiger partial charge in [-0.25, -0.2) is 5.84 Å². The zero-order chi connectivity index (χ0) is 12.2. The van der Waals surface area contributed by atoms with E-state index in [0.29, 0.717) is 6.42 Å². The number of hydrazine groups is 1. The summed E-state index contributed by atoms with van der Waals surface area (Å²) in [6, 6.07) is -0.168. The van der Waals surface area contributed by atoms with Crippen molar-refractivity contribution in [3.63, 3.8) is 0 Å². The van der Waals surface area contributed by atoms with Crippen LogP contribution in [0.1, 0.15) is 39.5 Å². The number of nitrogens with zero attached hydrogens (tertiary/aromatic N) is 1. The number of likely N-dealkylation sites (tertiary alicyclic amines) is 1. The first-order chi connectivity index (χ1) is 7.50. The molecule has 1 fully saturated rings. The standard InChI is InChI=1S/C11H23N3O2/c1-3-9(10(15)13-12)14-7-4-5-11(2,16)6-8-14/h9,16H,3-8,12H2,1-2H3,(H,13,15). The smallest absolute Gasteiger partial charge is 0.251 e. The molecular formula is C11H23N3O2. The lowest BCUT2D eigenvalue weighted by molar-refractivity contribution is -0.126. The van der Waals surface area contributed by atoms with E-state index in [1.165, 1.54) is 0 Å². The molecule has 5 heteroatoms. The Morgan fingerprint density at radius 1 is 1.56 bits per heavy atom. The van der Waals surface area contributed by atoms with Crippen LogP contribution in [0.25, 0.3) is 0 Å². The lowest BCUT2D eigenvalue weighted by atomic mass is 9.98. The number of aliphatic hydroxyl groups is 1. The minimum Gasteiger partial charge on any atom is -0.390 e. The van der Waals surface area contributed by atoms with Gasteiger partial charge in [-0.1, -0.05) is 6.92 Å². The lowest BCUT2D eigenvalue weighted by Gasteiger charge is -2.28. The molecule has 0 saturated carbocycles. The maximum absolute atomic E-state index is 11.6. The van der Waals surface area contributed by atoms with E-state index in [4.69, 9.17) is 5.84 Å². The Morgan fingerprint density at radius 3 is 2.81 bits per heavy atom. The number of nitrogens with two attached hydrogens (primary N) is 1. The summed E-state index contributed by atoms with van der Waals surface area (Å²) in [6.07, 6.45) is 3.16. The van der Waals surface area contributed by atoms with Crippen molar-refractivity contribution >= 4 is 5.91 Å². The Bertz CT molecular complexity index is 243. The van der Waals surface area contributed by atoms with E-state index in [9.17, 15) is 9.90 Å². The topological polar surface area (TPSA) is 78.6 Å². The van der Waals surface area contributed by atoms with Crippen LogP contribution in [0.5, 0.6) is 0 Å². The molecule has 1 aliphatic heterocycles. The van der Waals surface area contributed by atoms with E-state index >= 15 is 0 Å². The van der Waals surface area contributed by atoms with Crippen molar-refractivity contribution in [3.8, 4) is 0 Å². The van der Waals surface area contributed by atoms with Crippen molar-refractivity contribution in [2.24, 2.45) is 5.84 Å². The van der Waals surface area contributed by atoms with E-state index in [1.807, 2.05) is 13.8 Å². The van der Waals surface area contributed by atoms with Gasteiger partial charge < -0.3 is 5.11 Å². The van der Waals surface area contributed by atoms with E-state index < -0.39 is 5.60 Å². The van der Waals surface area contributed by atoms with Gasteiger partial charge in [-0.15, -0.1) is 0 Å². The molecule has 0 bridgehead atoms. The van der Waals surface area contributed by atoms with Crippen LogP contribution in [0.2, 0.25) is 0 Å². The third kappa shape index (κ3) is 3.43. The summed E-state index contributed by atoms with van der Waals surface area (Å²) >= 11 is 0. The monoisotopic (exact) mass is 229 g/mol. The molecule has 1 rings (SSSR count). The predicted molar refractivity (Wildman–Crippen MR) is 62.5 cm³/mol. The van der Waals surface area contributed by atoms with Crippen molar-refractivity contribution in [2.45, 2.75) is 51.2 Å². The zero-order valence-electron chi connectivity index (χ0n) is 10.2. The van der Waals surface area contributed by atoms with Crippen molar-refractivity contribution in [1.82, 2.24) is 10.3 Å². The minimum atomic E-state index is -0.591. The molecule has 2 unspecified atom stereocenters. The Labute approximate surface area is 97.0 Å². The highest BCUT2D eigenvalue weighted by Gasteiger charge is 2.30. The second-order valence-electron chi connectivity index (χ2n) is 4.82. The van der Waals surface area contributed by atoms with Crippen molar-refractivity contribution < 1.29 is 9.90 Å². The average molecular weight is 229 g/mol. The molecule has 1 aliphatic rings. The lowest BCUT2D eigenvalue weighted by Crippen LogP contribution is -2.49. The van der Waals surface area contributed by atoms with Crippen LogP contribution < -0.4 is 11.3 Å². The number of carbonyl (C=O) groups is 1. The number of hydrogen-bond acceptors (Lipinski definition) is 4. The van der Waals surface area contributed by atoms with Gasteiger partial charge in [0.15, 0.2) is 0 Å². The highest BCUT2D eigenvalue weighted by atomic mass is 16.3. The van der Waals surface area contributed by atoms with Gasteiger partial charge in [0, 0.05) is 6.54 Å². The normalized spacial score (nSPS) is 29.5. The van der Waals surface area contributed by atoms with Gasteiger partial charge in [-0.2, -0.15) is 0 Å². The minimum absolute atomic E-state index is 0.135. The van der Waals surface area contributed by atoms with Crippen molar-refractivity contribution in [1.29, 1.82) is 0 Å². The average Bonchev–Trinajstić information content (AvgIpc) is 2.41. The molecule has 0 radical (unpaired) electrons. The fraction of sp³-hybridized carbons (Fsp3) is 0.909. The summed E-state index contributed by atoms with van der Waals surface area (Å²) in [7, 11) is 0. The Morgan fingerprint density at radius 2 is 2.25 bits per heavy atom. The van der Waals surface area contributed by atoms with Gasteiger partial charge in [-0.05, 0) is 39.2 Å². The molecule has 0 aromatic rings. The quantitative estimate of drug-likeness (QED) is 0.361. The first-order valence-corrected chi connectivity index (χ1v) is 5.97. The third-order valence-electron chi connectivity index (χ3n) is 3.37. The summed E-state index contributed by atoms with van der Waals surface area (Å²) in [6.45, 7) is 5.43. The molecule has 5 nitrogen and oxygen atoms in total. The van der Waals surface area contributed by atoms with Gasteiger partial charge in [0.2, 0.25) is 0 Å². The van der Waals surface area contributed by atoms with Crippen LogP contribution in [0, 0.1) is 0 Å². The van der Waals surface area contributed by atoms with Gasteiger partial charge in [-0.3, -0.25) is 15.1 Å². The highest BCUT2D eigenvalue weighted by molar-refractivity contribution is 5.81. The number of amides is 1. The van der Waals surface area contributed by atoms with Gasteiger partial charge >= 0.3 is 0 Å². The van der Waals surface area contributed by atoms with Crippen molar-refractivity contribution in [2.75, 3.05) is 13.1 Å². The Kier molecular flexibility index (Phi) is 4.70. The van der Waals surface area contributed by atoms with Gasteiger partial charge in [0.25, 0.3) is 5.91 Å². The predicted octanol–water partition coefficient (Wildman–Crippen LogP) is -0.00820. The summed E-state index contributed by atoms with van der Waals surface area (Å²) in [5.41, 5.74) is 1.62. The molecule has 0 aliphatic carbocycles. The molecule has 0 aromatic carbocycles. The number of nitrogens with one attached hydrogen (secondary N) is 1. The fourth-order valence-corrected chi connectivity index (χ4v) is 2.30. The fourth-order valence-electron chi connectivity index (χ4n) is 2.30. The van der Waals surface area contributed by atoms with E-state index in [-0.39, 0.29) is 11.9 Å². The summed E-state index contributed by atoms with van der Waals surface area (Å²) < 4.78 is 0. The van der Waals surface area contributed by atoms with Gasteiger partial charge in [0.1, 0.15) is 0 Å². The largest absolute Gasteiger partial charge is 0.390 e. The van der Waals surface area contributed by atoms with Gasteiger partial charge in [0.05, 0.1) is 11.6 Å². The maximum atomic E-state index is 11.6. The Hall–Kier alpha value is -0.650. The SMILES string of the molecule is CCC(C(=O)NN)N1CCCC(C)(O)CC1. The molecule has 0 spiro atoms. The summed E-state index contributed by atoms with van der Waals surface area (Å²) in [4.78, 5) is 13.7. The molecule has 1 saturated heterocycles. The van der Waals surface area contributed by atoms with Crippen LogP contribution in [0.15, 0.2) is 0 Å². The number of carbonyl (C=O) groups excluding carboxylic acids is 1. The zero-order valence-corrected chi connectivity index (χ0v) is 10.2. The molecule has 1 heterocycles. The van der Waals surface area contributed by atoms with E-state index in [0.717, 1.165) is 32.4 Å². The Balaban J connectivity index is 2.62. The number of hydrogen-bond donors (Lipinski definition) is 3. The first kappa shape index (κ1) is 13.4. The molecular weight excluding hydrogens is 206 g/mol. The van der Waals surface area contributed by atoms with Crippen molar-refractivity contribution in [3.05, 3.63) is 0 Å². The van der Waals surface area contributed by atoms with Crippen LogP contribution in [0.3, 0.4) is 0 Å². The molecule has 1 amide bonds. The second-order valence-corrected chi connectivity index (χ2v) is 4.82. The first-order valence-electron chi connectivity index (χ1n) is 5.97. The van der Waals surface area contributed by atoms with E-state index in [1.54, 1.807) is 0 Å². The molecule has 16 heavy (non-hydrogen) atoms. The molecule has 4 N–H and O–H groups in total. The molecule has 94 valence electrons. The molecule has 0 aromatic heterocycles. The summed E-state index contributed by atoms with van der Waals surface area (Å²) in [5.74, 6) is 5.04. The highest BCUT2D eigenvalue weighted by Crippen LogP contribution is 2.23. The third-order valence-corrected chi connectivity index (χ3v) is 3.37. The maximum Gasteiger partial charge on any atom is 0.251 e. The van der Waals surface area contributed by atoms with Crippen LogP contribution in [0.4, 0.5) is 0 Å². The molecule has 2 atom stereocenters. The van der Waals surface area contributed by atoms with E-state index in [2.05, 4.69) is 10.3 Å². The van der Waals surface area contributed by atoms with Crippen LogP contribution in [-0.4, -0.2) is 40.6 Å².